The van der Waals surface area contributed by atoms with Gasteiger partial charge in [-0.15, -0.1) is 0 Å². The fourth-order valence-electron chi connectivity index (χ4n) is 2.20. The van der Waals surface area contributed by atoms with Crippen molar-refractivity contribution in [2.45, 2.75) is 10.6 Å². The van der Waals surface area contributed by atoms with Crippen LogP contribution in [0.1, 0.15) is 5.56 Å². The average Bonchev–Trinajstić information content (AvgIpc) is 2.47. The Morgan fingerprint density at radius 3 is 2.50 bits per heavy atom. The number of sulfone groups is 1. The zero-order chi connectivity index (χ0) is 15.7. The van der Waals surface area contributed by atoms with Crippen molar-refractivity contribution in [2.75, 3.05) is 13.2 Å². The van der Waals surface area contributed by atoms with Crippen LogP contribution >= 0.6 is 11.6 Å². The summed E-state index contributed by atoms with van der Waals surface area (Å²) < 4.78 is 35.6. The Bertz CT molecular complexity index is 799. The summed E-state index contributed by atoms with van der Waals surface area (Å²) in [5.41, 5.74) is 0.516. The van der Waals surface area contributed by atoms with E-state index in [-0.39, 0.29) is 16.4 Å². The third-order valence-electron chi connectivity index (χ3n) is 3.21. The number of benzene rings is 2. The first-order chi connectivity index (χ1) is 10.5. The molecule has 1 heterocycles. The van der Waals surface area contributed by atoms with Gasteiger partial charge in [-0.2, -0.15) is 0 Å². The normalized spacial score (nSPS) is 13.9. The van der Waals surface area contributed by atoms with Crippen LogP contribution in [0, 0.1) is 0 Å². The lowest BCUT2D eigenvalue weighted by atomic mass is 10.2. The smallest absolute Gasteiger partial charge is 0.182 e. The van der Waals surface area contributed by atoms with E-state index >= 15 is 0 Å². The van der Waals surface area contributed by atoms with Gasteiger partial charge in [0.15, 0.2) is 21.3 Å². The molecule has 1 aliphatic heterocycles. The maximum absolute atomic E-state index is 12.4. The predicted octanol–water partition coefficient (Wildman–Crippen LogP) is 2.79. The summed E-state index contributed by atoms with van der Waals surface area (Å²) in [5.74, 6) is 0.698. The van der Waals surface area contributed by atoms with Crippen molar-refractivity contribution in [2.24, 2.45) is 0 Å². The number of hydrogen-bond donors (Lipinski definition) is 1. The molecule has 2 aromatic carbocycles. The Morgan fingerprint density at radius 1 is 1.09 bits per heavy atom. The number of halogens is 1. The van der Waals surface area contributed by atoms with Crippen LogP contribution in [0.2, 0.25) is 5.02 Å². The molecule has 0 radical (unpaired) electrons. The zero-order valence-electron chi connectivity index (χ0n) is 11.5. The highest BCUT2D eigenvalue weighted by atomic mass is 35.5. The molecule has 0 saturated carbocycles. The molecule has 1 aliphatic rings. The molecule has 1 N–H and O–H groups in total. The summed E-state index contributed by atoms with van der Waals surface area (Å²) in [4.78, 5) is 0.135. The Labute approximate surface area is 133 Å². The molecule has 5 nitrogen and oxygen atoms in total. The van der Waals surface area contributed by atoms with Gasteiger partial charge < -0.3 is 14.6 Å². The molecular weight excluding hydrogens is 328 g/mol. The number of fused-ring (bicyclic) bond motifs is 1. The number of rotatable bonds is 3. The Morgan fingerprint density at radius 2 is 1.77 bits per heavy atom. The number of ether oxygens (including phenoxy) is 2. The largest absolute Gasteiger partial charge is 0.508 e. The minimum Gasteiger partial charge on any atom is -0.508 e. The molecule has 0 fully saturated rings. The second-order valence-electron chi connectivity index (χ2n) is 4.85. The summed E-state index contributed by atoms with van der Waals surface area (Å²) >= 11 is 6.11. The minimum atomic E-state index is -3.54. The van der Waals surface area contributed by atoms with Crippen LogP contribution in [0.4, 0.5) is 0 Å². The first-order valence-electron chi connectivity index (χ1n) is 6.55. The Hall–Kier alpha value is -1.92. The Kier molecular flexibility index (Phi) is 3.88. The van der Waals surface area contributed by atoms with E-state index in [2.05, 4.69) is 0 Å². The highest BCUT2D eigenvalue weighted by molar-refractivity contribution is 7.90. The van der Waals surface area contributed by atoms with Gasteiger partial charge in [-0.1, -0.05) is 11.6 Å². The summed E-state index contributed by atoms with van der Waals surface area (Å²) in [6, 6.07) is 8.59. The summed E-state index contributed by atoms with van der Waals surface area (Å²) in [6.45, 7) is 0.815. The molecule has 116 valence electrons. The molecule has 0 bridgehead atoms. The van der Waals surface area contributed by atoms with Gasteiger partial charge in [0.2, 0.25) is 0 Å². The minimum absolute atomic E-state index is 0.0151. The second kappa shape index (κ2) is 5.70. The molecule has 0 atom stereocenters. The Balaban J connectivity index is 1.92. The van der Waals surface area contributed by atoms with E-state index in [1.807, 2.05) is 0 Å². The second-order valence-corrected chi connectivity index (χ2v) is 7.25. The van der Waals surface area contributed by atoms with Crippen LogP contribution in [0.25, 0.3) is 0 Å². The quantitative estimate of drug-likeness (QED) is 0.930. The number of hydrogen-bond acceptors (Lipinski definition) is 5. The predicted molar refractivity (Wildman–Crippen MR) is 81.4 cm³/mol. The van der Waals surface area contributed by atoms with Crippen molar-refractivity contribution >= 4 is 21.4 Å². The van der Waals surface area contributed by atoms with Gasteiger partial charge in [-0.25, -0.2) is 8.42 Å². The van der Waals surface area contributed by atoms with E-state index < -0.39 is 9.84 Å². The molecule has 7 heteroatoms. The fourth-order valence-corrected chi connectivity index (χ4v) is 3.81. The summed E-state index contributed by atoms with van der Waals surface area (Å²) in [6.07, 6.45) is 0. The van der Waals surface area contributed by atoms with E-state index in [1.165, 1.54) is 24.3 Å². The van der Waals surface area contributed by atoms with E-state index in [1.54, 1.807) is 12.1 Å². The molecule has 3 rings (SSSR count). The maximum Gasteiger partial charge on any atom is 0.182 e. The van der Waals surface area contributed by atoms with Gasteiger partial charge in [0.25, 0.3) is 0 Å². The average molecular weight is 341 g/mol. The molecule has 0 aromatic heterocycles. The van der Waals surface area contributed by atoms with Gasteiger partial charge >= 0.3 is 0 Å². The number of phenolic OH excluding ortho intramolecular Hbond substituents is 1. The molecular formula is C15H13ClO5S. The SMILES string of the molecule is O=S(=O)(Cc1cc(Cl)c2c(c1)OCCO2)c1ccc(O)cc1. The van der Waals surface area contributed by atoms with Gasteiger partial charge in [0.05, 0.1) is 15.7 Å². The fraction of sp³-hybridized carbons (Fsp3) is 0.200. The van der Waals surface area contributed by atoms with Gasteiger partial charge in [-0.05, 0) is 42.0 Å². The van der Waals surface area contributed by atoms with Gasteiger partial charge in [0.1, 0.15) is 19.0 Å². The first kappa shape index (κ1) is 15.0. The van der Waals surface area contributed by atoms with Crippen molar-refractivity contribution in [3.63, 3.8) is 0 Å². The first-order valence-corrected chi connectivity index (χ1v) is 8.58. The molecule has 0 spiro atoms. The highest BCUT2D eigenvalue weighted by Gasteiger charge is 2.20. The summed E-state index contributed by atoms with van der Waals surface area (Å²) in [5, 5.41) is 9.57. The van der Waals surface area contributed by atoms with E-state index in [0.717, 1.165) is 0 Å². The van der Waals surface area contributed by atoms with Crippen molar-refractivity contribution in [3.8, 4) is 17.2 Å². The van der Waals surface area contributed by atoms with Crippen LogP contribution in [-0.4, -0.2) is 26.7 Å². The number of phenols is 1. The molecule has 0 amide bonds. The topological polar surface area (TPSA) is 72.8 Å². The van der Waals surface area contributed by atoms with Gasteiger partial charge in [0, 0.05) is 0 Å². The van der Waals surface area contributed by atoms with Crippen LogP contribution < -0.4 is 9.47 Å². The van der Waals surface area contributed by atoms with Crippen molar-refractivity contribution in [1.29, 1.82) is 0 Å². The highest BCUT2D eigenvalue weighted by Crippen LogP contribution is 2.39. The lowest BCUT2D eigenvalue weighted by Crippen LogP contribution is -2.16. The maximum atomic E-state index is 12.4. The zero-order valence-corrected chi connectivity index (χ0v) is 13.0. The monoisotopic (exact) mass is 340 g/mol. The van der Waals surface area contributed by atoms with Crippen LogP contribution in [0.15, 0.2) is 41.3 Å². The van der Waals surface area contributed by atoms with Crippen molar-refractivity contribution in [1.82, 2.24) is 0 Å². The third kappa shape index (κ3) is 2.98. The lowest BCUT2D eigenvalue weighted by molar-refractivity contribution is 0.171. The van der Waals surface area contributed by atoms with Crippen LogP contribution in [0.3, 0.4) is 0 Å². The lowest BCUT2D eigenvalue weighted by Gasteiger charge is -2.20. The van der Waals surface area contributed by atoms with E-state index in [4.69, 9.17) is 21.1 Å². The summed E-state index contributed by atoms with van der Waals surface area (Å²) in [7, 11) is -3.54. The van der Waals surface area contributed by atoms with Crippen LogP contribution in [0.5, 0.6) is 17.2 Å². The third-order valence-corrected chi connectivity index (χ3v) is 5.19. The molecule has 0 saturated heterocycles. The van der Waals surface area contributed by atoms with Crippen molar-refractivity contribution in [3.05, 3.63) is 47.0 Å². The molecule has 0 unspecified atom stereocenters. The molecule has 2 aromatic rings. The van der Waals surface area contributed by atoms with E-state index in [9.17, 15) is 13.5 Å². The molecule has 22 heavy (non-hydrogen) atoms. The standard InChI is InChI=1S/C15H13ClO5S/c16-13-7-10(8-14-15(13)21-6-5-20-14)9-22(18,19)12-3-1-11(17)2-4-12/h1-4,7-8,17H,5-6,9H2. The number of aromatic hydroxyl groups is 1. The van der Waals surface area contributed by atoms with E-state index in [0.29, 0.717) is 35.3 Å². The van der Waals surface area contributed by atoms with Crippen molar-refractivity contribution < 1.29 is 23.0 Å². The van der Waals surface area contributed by atoms with Gasteiger partial charge in [-0.3, -0.25) is 0 Å². The van der Waals surface area contributed by atoms with Crippen LogP contribution in [-0.2, 0) is 15.6 Å². The molecule has 0 aliphatic carbocycles.